The molecule has 206 valence electrons. The molecular formula is C32H26IN3O5. The average molecular weight is 659 g/mol. The van der Waals surface area contributed by atoms with Gasteiger partial charge in [-0.2, -0.15) is 5.10 Å². The van der Waals surface area contributed by atoms with E-state index >= 15 is 0 Å². The number of nitrogens with zero attached hydrogens (tertiary/aromatic N) is 1. The molecule has 0 saturated heterocycles. The molecule has 2 N–H and O–H groups in total. The van der Waals surface area contributed by atoms with Crippen molar-refractivity contribution >= 4 is 51.6 Å². The van der Waals surface area contributed by atoms with Crippen LogP contribution >= 0.6 is 22.6 Å². The first-order valence-corrected chi connectivity index (χ1v) is 13.9. The highest BCUT2D eigenvalue weighted by Crippen LogP contribution is 2.34. The normalized spacial score (nSPS) is 11.0. The number of nitrogens with one attached hydrogen (secondary N) is 2. The Morgan fingerprint density at radius 3 is 2.46 bits per heavy atom. The number of hydrogen-bond acceptors (Lipinski definition) is 6. The number of aromatic nitrogens is 1. The fourth-order valence-electron chi connectivity index (χ4n) is 4.32. The number of carbonyl (C=O) groups excluding carboxylic acids is 2. The Morgan fingerprint density at radius 2 is 1.73 bits per heavy atom. The Hall–Kier alpha value is -4.64. The molecule has 5 aromatic rings. The number of fused-ring (bicyclic) bond motifs is 1. The first-order chi connectivity index (χ1) is 20.0. The van der Waals surface area contributed by atoms with E-state index in [0.717, 1.165) is 25.6 Å². The van der Waals surface area contributed by atoms with Crippen molar-refractivity contribution in [2.75, 3.05) is 13.7 Å². The van der Waals surface area contributed by atoms with Gasteiger partial charge in [-0.05, 0) is 89.2 Å². The minimum absolute atomic E-state index is 0.272. The van der Waals surface area contributed by atoms with E-state index in [-0.39, 0.29) is 11.7 Å². The first-order valence-electron chi connectivity index (χ1n) is 12.8. The molecule has 8 nitrogen and oxygen atoms in total. The molecule has 1 aromatic heterocycles. The summed E-state index contributed by atoms with van der Waals surface area (Å²) in [5, 5.41) is 5.14. The van der Waals surface area contributed by atoms with Gasteiger partial charge in [0.1, 0.15) is 11.4 Å². The Morgan fingerprint density at radius 1 is 0.951 bits per heavy atom. The topological polar surface area (TPSA) is 102 Å². The Labute approximate surface area is 250 Å². The molecule has 1 amide bonds. The summed E-state index contributed by atoms with van der Waals surface area (Å²) in [7, 11) is 1.56. The Balaban J connectivity index is 1.35. The maximum Gasteiger partial charge on any atom is 0.343 e. The molecule has 0 aliphatic heterocycles. The van der Waals surface area contributed by atoms with Gasteiger partial charge in [-0.25, -0.2) is 10.2 Å². The van der Waals surface area contributed by atoms with Gasteiger partial charge in [0.25, 0.3) is 5.91 Å². The van der Waals surface area contributed by atoms with Gasteiger partial charge < -0.3 is 19.2 Å². The highest BCUT2D eigenvalue weighted by atomic mass is 127. The van der Waals surface area contributed by atoms with Crippen molar-refractivity contribution in [2.24, 2.45) is 5.10 Å². The highest BCUT2D eigenvalue weighted by Gasteiger charge is 2.20. The lowest BCUT2D eigenvalue weighted by molar-refractivity contribution is 0.0728. The fraction of sp³-hybridized carbons (Fsp3) is 0.0938. The quantitative estimate of drug-likeness (QED) is 0.0594. The lowest BCUT2D eigenvalue weighted by Crippen LogP contribution is -2.19. The van der Waals surface area contributed by atoms with Crippen molar-refractivity contribution in [3.05, 3.63) is 111 Å². The van der Waals surface area contributed by atoms with Gasteiger partial charge in [0, 0.05) is 14.5 Å². The van der Waals surface area contributed by atoms with Crippen molar-refractivity contribution < 1.29 is 23.8 Å². The van der Waals surface area contributed by atoms with Crippen LogP contribution in [0.2, 0.25) is 0 Å². The van der Waals surface area contributed by atoms with Gasteiger partial charge in [-0.1, -0.05) is 42.5 Å². The SMILES string of the molecule is CCOc1cc(C=NNC(=O)c2[nH]c3c(I)cccc3c2-c2ccccc2)ccc1OC(=O)c1ccc(OC)cc1. The third-order valence-electron chi connectivity index (χ3n) is 6.25. The van der Waals surface area contributed by atoms with E-state index in [1.165, 1.54) is 6.21 Å². The standard InChI is InChI=1S/C32H26IN3O5/c1-3-40-27-18-20(12-17-26(27)41-32(38)22-13-15-23(39-2)16-14-22)19-34-36-31(37)30-28(21-8-5-4-6-9-21)24-10-7-11-25(33)29(24)35-30/h4-19,35H,3H2,1-2H3,(H,36,37). The zero-order valence-corrected chi connectivity index (χ0v) is 24.5. The van der Waals surface area contributed by atoms with Crippen LogP contribution in [0, 0.1) is 3.57 Å². The van der Waals surface area contributed by atoms with Crippen LogP contribution in [0.25, 0.3) is 22.0 Å². The molecule has 0 spiro atoms. The largest absolute Gasteiger partial charge is 0.497 e. The van der Waals surface area contributed by atoms with E-state index in [2.05, 4.69) is 38.1 Å². The van der Waals surface area contributed by atoms with Gasteiger partial charge in [0.15, 0.2) is 11.5 Å². The summed E-state index contributed by atoms with van der Waals surface area (Å²) in [6.45, 7) is 2.20. The first kappa shape index (κ1) is 27.9. The number of esters is 1. The molecule has 0 unspecified atom stereocenters. The number of hydrazone groups is 1. The van der Waals surface area contributed by atoms with E-state index < -0.39 is 5.97 Å². The maximum atomic E-state index is 13.3. The molecular weight excluding hydrogens is 633 g/mol. The zero-order chi connectivity index (χ0) is 28.8. The number of halogens is 1. The minimum atomic E-state index is -0.524. The van der Waals surface area contributed by atoms with Crippen LogP contribution in [0.3, 0.4) is 0 Å². The summed E-state index contributed by atoms with van der Waals surface area (Å²) in [6.07, 6.45) is 1.50. The average Bonchev–Trinajstić information content (AvgIpc) is 3.40. The second-order valence-corrected chi connectivity index (χ2v) is 10.0. The summed E-state index contributed by atoms with van der Waals surface area (Å²) >= 11 is 2.25. The molecule has 0 saturated carbocycles. The van der Waals surface area contributed by atoms with Gasteiger partial charge in [-0.15, -0.1) is 0 Å². The van der Waals surface area contributed by atoms with Gasteiger partial charge in [0.2, 0.25) is 0 Å². The van der Waals surface area contributed by atoms with Crippen molar-refractivity contribution in [1.29, 1.82) is 0 Å². The molecule has 0 bridgehead atoms. The monoisotopic (exact) mass is 659 g/mol. The number of para-hydroxylation sites is 1. The summed E-state index contributed by atoms with van der Waals surface area (Å²) in [4.78, 5) is 29.2. The lowest BCUT2D eigenvalue weighted by Gasteiger charge is -2.11. The maximum absolute atomic E-state index is 13.3. The fourth-order valence-corrected chi connectivity index (χ4v) is 4.95. The van der Waals surface area contributed by atoms with Crippen LogP contribution in [0.5, 0.6) is 17.2 Å². The van der Waals surface area contributed by atoms with E-state index in [0.29, 0.717) is 34.9 Å². The summed E-state index contributed by atoms with van der Waals surface area (Å²) < 4.78 is 17.4. The molecule has 41 heavy (non-hydrogen) atoms. The van der Waals surface area contributed by atoms with Crippen molar-refractivity contribution in [3.63, 3.8) is 0 Å². The molecule has 9 heteroatoms. The molecule has 1 heterocycles. The summed E-state index contributed by atoms with van der Waals surface area (Å²) in [6, 6.07) is 27.4. The van der Waals surface area contributed by atoms with Crippen molar-refractivity contribution in [3.8, 4) is 28.4 Å². The lowest BCUT2D eigenvalue weighted by atomic mass is 10.0. The van der Waals surface area contributed by atoms with Crippen LogP contribution < -0.4 is 19.6 Å². The number of methoxy groups -OCH3 is 1. The zero-order valence-electron chi connectivity index (χ0n) is 22.3. The minimum Gasteiger partial charge on any atom is -0.497 e. The van der Waals surface area contributed by atoms with Gasteiger partial charge >= 0.3 is 5.97 Å². The second kappa shape index (κ2) is 12.7. The molecule has 0 aliphatic rings. The van der Waals surface area contributed by atoms with Crippen molar-refractivity contribution in [2.45, 2.75) is 6.92 Å². The smallest absolute Gasteiger partial charge is 0.343 e. The summed E-state index contributed by atoms with van der Waals surface area (Å²) in [5.74, 6) is 0.393. The number of carbonyl (C=O) groups is 2. The predicted molar refractivity (Wildman–Crippen MR) is 167 cm³/mol. The number of aromatic amines is 1. The number of rotatable bonds is 9. The third kappa shape index (κ3) is 6.25. The molecule has 4 aromatic carbocycles. The number of hydrogen-bond donors (Lipinski definition) is 2. The Kier molecular flexibility index (Phi) is 8.64. The second-order valence-electron chi connectivity index (χ2n) is 8.86. The van der Waals surface area contributed by atoms with Crippen molar-refractivity contribution in [1.82, 2.24) is 10.4 Å². The Bertz CT molecular complexity index is 1730. The van der Waals surface area contributed by atoms with Crippen LogP contribution in [0.15, 0.2) is 96.1 Å². The van der Waals surface area contributed by atoms with Crippen LogP contribution in [-0.4, -0.2) is 36.8 Å². The molecule has 0 atom stereocenters. The molecule has 0 fully saturated rings. The summed E-state index contributed by atoms with van der Waals surface area (Å²) in [5.41, 5.74) is 6.70. The predicted octanol–water partition coefficient (Wildman–Crippen LogP) is 6.83. The van der Waals surface area contributed by atoms with E-state index in [1.54, 1.807) is 49.6 Å². The number of ether oxygens (including phenoxy) is 3. The number of H-pyrrole nitrogens is 1. The van der Waals surface area contributed by atoms with E-state index in [4.69, 9.17) is 14.2 Å². The third-order valence-corrected chi connectivity index (χ3v) is 7.15. The van der Waals surface area contributed by atoms with Crippen LogP contribution in [-0.2, 0) is 0 Å². The van der Waals surface area contributed by atoms with Crippen LogP contribution in [0.4, 0.5) is 0 Å². The van der Waals surface area contributed by atoms with Crippen LogP contribution in [0.1, 0.15) is 33.3 Å². The number of amides is 1. The van der Waals surface area contributed by atoms with E-state index in [1.807, 2.05) is 55.5 Å². The molecule has 0 radical (unpaired) electrons. The number of benzene rings is 4. The molecule has 5 rings (SSSR count). The molecule has 0 aliphatic carbocycles. The highest BCUT2D eigenvalue weighted by molar-refractivity contribution is 14.1. The van der Waals surface area contributed by atoms with Gasteiger partial charge in [-0.3, -0.25) is 4.79 Å². The van der Waals surface area contributed by atoms with Gasteiger partial charge in [0.05, 0.1) is 31.0 Å². The van der Waals surface area contributed by atoms with E-state index in [9.17, 15) is 9.59 Å².